The molecule has 3 saturated carbocycles. The Morgan fingerprint density at radius 3 is 2.64 bits per heavy atom. The average Bonchev–Trinajstić information content (AvgIpc) is 3.33. The topological polar surface area (TPSA) is 101 Å². The van der Waals surface area contributed by atoms with Crippen LogP contribution in [0.15, 0.2) is 10.6 Å². The first-order chi connectivity index (χ1) is 13.4. The molecule has 5 rings (SSSR count). The monoisotopic (exact) mass is 386 g/mol. The van der Waals surface area contributed by atoms with Gasteiger partial charge in [-0.2, -0.15) is 0 Å². The second-order valence-corrected chi connectivity index (χ2v) is 9.74. The Morgan fingerprint density at radius 1 is 1.25 bits per heavy atom. The van der Waals surface area contributed by atoms with Crippen LogP contribution < -0.4 is 11.1 Å². The van der Waals surface area contributed by atoms with Crippen LogP contribution in [0, 0.1) is 11.3 Å². The van der Waals surface area contributed by atoms with Crippen LogP contribution in [0.25, 0.3) is 0 Å². The summed E-state index contributed by atoms with van der Waals surface area (Å²) in [4.78, 5) is 27.4. The van der Waals surface area contributed by atoms with Crippen molar-refractivity contribution in [2.45, 2.75) is 82.3 Å². The van der Waals surface area contributed by atoms with Crippen LogP contribution in [0.5, 0.6) is 0 Å². The van der Waals surface area contributed by atoms with Gasteiger partial charge in [-0.3, -0.25) is 9.59 Å². The number of hydrogen-bond donors (Lipinski definition) is 2. The molecule has 28 heavy (non-hydrogen) atoms. The number of rotatable bonds is 4. The first kappa shape index (κ1) is 18.2. The summed E-state index contributed by atoms with van der Waals surface area (Å²) in [6.07, 6.45) is 8.02. The molecule has 7 heteroatoms. The second-order valence-electron chi connectivity index (χ2n) is 9.74. The van der Waals surface area contributed by atoms with E-state index in [0.717, 1.165) is 57.1 Å². The molecule has 0 radical (unpaired) electrons. The Balaban J connectivity index is 1.11. The Morgan fingerprint density at radius 2 is 2.00 bits per heavy atom. The Hall–Kier alpha value is -1.89. The molecule has 2 atom stereocenters. The summed E-state index contributed by atoms with van der Waals surface area (Å²) >= 11 is 0. The predicted octanol–water partition coefficient (Wildman–Crippen LogP) is 2.18. The van der Waals surface area contributed by atoms with E-state index in [1.807, 2.05) is 4.90 Å². The van der Waals surface area contributed by atoms with Crippen molar-refractivity contribution in [3.05, 3.63) is 17.5 Å². The van der Waals surface area contributed by atoms with E-state index in [2.05, 4.69) is 17.4 Å². The van der Waals surface area contributed by atoms with E-state index in [4.69, 9.17) is 10.3 Å². The average molecular weight is 386 g/mol. The Bertz CT molecular complexity index is 772. The van der Waals surface area contributed by atoms with Crippen molar-refractivity contribution in [3.8, 4) is 0 Å². The molecule has 2 heterocycles. The third-order valence-electron chi connectivity index (χ3n) is 7.33. The van der Waals surface area contributed by atoms with E-state index in [1.54, 1.807) is 6.07 Å². The summed E-state index contributed by atoms with van der Waals surface area (Å²) in [5.74, 6) is 1.58. The number of nitrogens with zero attached hydrogens (tertiary/aromatic N) is 2. The molecule has 0 bridgehead atoms. The van der Waals surface area contributed by atoms with E-state index < -0.39 is 0 Å². The summed E-state index contributed by atoms with van der Waals surface area (Å²) in [6, 6.07) is 2.34. The highest BCUT2D eigenvalue weighted by Gasteiger charge is 2.54. The van der Waals surface area contributed by atoms with Crippen molar-refractivity contribution in [3.63, 3.8) is 0 Å². The number of nitrogens with one attached hydrogen (secondary N) is 1. The van der Waals surface area contributed by atoms with Gasteiger partial charge in [0, 0.05) is 42.6 Å². The molecule has 1 saturated heterocycles. The molecule has 1 aliphatic heterocycles. The molecule has 4 aliphatic rings. The third kappa shape index (κ3) is 3.23. The fraction of sp³-hybridized carbons (Fsp3) is 0.762. The number of aromatic nitrogens is 1. The fourth-order valence-corrected chi connectivity index (χ4v) is 5.63. The van der Waals surface area contributed by atoms with Crippen LogP contribution in [-0.4, -0.2) is 46.5 Å². The zero-order chi connectivity index (χ0) is 19.5. The maximum Gasteiger partial charge on any atom is 0.273 e. The minimum Gasteiger partial charge on any atom is -0.360 e. The highest BCUT2D eigenvalue weighted by atomic mass is 16.5. The molecular formula is C21H30N4O3. The van der Waals surface area contributed by atoms with E-state index >= 15 is 0 Å². The van der Waals surface area contributed by atoms with Gasteiger partial charge in [-0.25, -0.2) is 0 Å². The van der Waals surface area contributed by atoms with Crippen LogP contribution >= 0.6 is 0 Å². The number of nitrogens with two attached hydrogens (primary N) is 1. The normalized spacial score (nSPS) is 37.3. The van der Waals surface area contributed by atoms with Gasteiger partial charge in [0.05, 0.1) is 0 Å². The van der Waals surface area contributed by atoms with Gasteiger partial charge < -0.3 is 20.5 Å². The maximum absolute atomic E-state index is 12.9. The maximum atomic E-state index is 12.9. The van der Waals surface area contributed by atoms with Crippen molar-refractivity contribution >= 4 is 11.8 Å². The lowest BCUT2D eigenvalue weighted by Gasteiger charge is -2.57. The highest BCUT2D eigenvalue weighted by molar-refractivity contribution is 5.92. The third-order valence-corrected chi connectivity index (χ3v) is 7.33. The molecule has 1 unspecified atom stereocenters. The summed E-state index contributed by atoms with van der Waals surface area (Å²) in [7, 11) is 0. The number of likely N-dealkylation sites (tertiary alicyclic amines) is 1. The molecule has 3 N–H and O–H groups in total. The van der Waals surface area contributed by atoms with E-state index in [-0.39, 0.29) is 23.9 Å². The number of piperidine rings is 1. The standard InChI is InChI=1S/C21H30N4O3/c1-12-6-16(23-19(26)17-7-18(28-24-17)13-2-3-13)4-5-25(12)20(27)14-8-21(9-14)10-15(22)11-21/h7,12-16H,2-6,8-11,22H2,1H3,(H,23,26)/t12-,14?,15?,16?,21?/m0/s1. The van der Waals surface area contributed by atoms with Crippen LogP contribution in [0.2, 0.25) is 0 Å². The first-order valence-electron chi connectivity index (χ1n) is 10.8. The zero-order valence-electron chi connectivity index (χ0n) is 16.5. The fourth-order valence-electron chi connectivity index (χ4n) is 5.63. The van der Waals surface area contributed by atoms with Crippen molar-refractivity contribution in [2.24, 2.45) is 17.1 Å². The summed E-state index contributed by atoms with van der Waals surface area (Å²) in [6.45, 7) is 2.80. The van der Waals surface area contributed by atoms with Gasteiger partial charge in [0.25, 0.3) is 5.91 Å². The quantitative estimate of drug-likeness (QED) is 0.826. The van der Waals surface area contributed by atoms with Gasteiger partial charge in [-0.05, 0) is 63.7 Å². The van der Waals surface area contributed by atoms with Gasteiger partial charge in [0.15, 0.2) is 5.69 Å². The molecule has 3 aliphatic carbocycles. The minimum absolute atomic E-state index is 0.0741. The van der Waals surface area contributed by atoms with Crippen LogP contribution in [0.1, 0.15) is 80.5 Å². The summed E-state index contributed by atoms with van der Waals surface area (Å²) in [5.41, 5.74) is 6.67. The molecule has 1 aromatic rings. The SMILES string of the molecule is C[C@H]1CC(NC(=O)c2cc(C3CC3)on2)CCN1C(=O)C1CC2(CC(N)C2)C1. The zero-order valence-corrected chi connectivity index (χ0v) is 16.5. The highest BCUT2D eigenvalue weighted by Crippen LogP contribution is 2.58. The lowest BCUT2D eigenvalue weighted by molar-refractivity contribution is -0.152. The summed E-state index contributed by atoms with van der Waals surface area (Å²) in [5, 5.41) is 7.00. The molecule has 2 amide bonds. The van der Waals surface area contributed by atoms with Crippen molar-refractivity contribution in [2.75, 3.05) is 6.54 Å². The minimum atomic E-state index is -0.171. The Labute approximate surface area is 165 Å². The number of hydrogen-bond acceptors (Lipinski definition) is 5. The first-order valence-corrected chi connectivity index (χ1v) is 10.8. The van der Waals surface area contributed by atoms with Crippen molar-refractivity contribution < 1.29 is 14.1 Å². The van der Waals surface area contributed by atoms with E-state index in [9.17, 15) is 9.59 Å². The van der Waals surface area contributed by atoms with Crippen LogP contribution in [-0.2, 0) is 4.79 Å². The van der Waals surface area contributed by atoms with E-state index in [0.29, 0.717) is 35.5 Å². The van der Waals surface area contributed by atoms with Crippen molar-refractivity contribution in [1.82, 2.24) is 15.4 Å². The predicted molar refractivity (Wildman–Crippen MR) is 103 cm³/mol. The number of amides is 2. The lowest BCUT2D eigenvalue weighted by Crippen LogP contribution is -2.59. The molecule has 4 fully saturated rings. The molecular weight excluding hydrogens is 356 g/mol. The molecule has 1 aromatic heterocycles. The van der Waals surface area contributed by atoms with Gasteiger partial charge in [0.1, 0.15) is 5.76 Å². The molecule has 0 aromatic carbocycles. The molecule has 152 valence electrons. The van der Waals surface area contributed by atoms with Gasteiger partial charge in [-0.1, -0.05) is 5.16 Å². The molecule has 7 nitrogen and oxygen atoms in total. The van der Waals surface area contributed by atoms with Gasteiger partial charge in [0.2, 0.25) is 5.91 Å². The number of carbonyl (C=O) groups excluding carboxylic acids is 2. The smallest absolute Gasteiger partial charge is 0.273 e. The Kier molecular flexibility index (Phi) is 4.27. The van der Waals surface area contributed by atoms with Crippen molar-refractivity contribution in [1.29, 1.82) is 0 Å². The number of carbonyl (C=O) groups is 2. The summed E-state index contributed by atoms with van der Waals surface area (Å²) < 4.78 is 5.28. The van der Waals surface area contributed by atoms with E-state index in [1.165, 1.54) is 0 Å². The second kappa shape index (κ2) is 6.58. The lowest BCUT2D eigenvalue weighted by atomic mass is 9.50. The van der Waals surface area contributed by atoms with Crippen LogP contribution in [0.4, 0.5) is 0 Å². The largest absolute Gasteiger partial charge is 0.360 e. The molecule has 1 spiro atoms. The van der Waals surface area contributed by atoms with Gasteiger partial charge >= 0.3 is 0 Å². The van der Waals surface area contributed by atoms with Crippen LogP contribution in [0.3, 0.4) is 0 Å². The van der Waals surface area contributed by atoms with Gasteiger partial charge in [-0.15, -0.1) is 0 Å².